The first kappa shape index (κ1) is 22.9. The molecule has 1 aliphatic rings. The van der Waals surface area contributed by atoms with E-state index >= 15 is 0 Å². The number of nitrogens with zero attached hydrogens (tertiary/aromatic N) is 2. The lowest BCUT2D eigenvalue weighted by molar-refractivity contribution is -0.133. The molecule has 0 fully saturated rings. The van der Waals surface area contributed by atoms with Crippen molar-refractivity contribution in [1.82, 2.24) is 4.90 Å². The Morgan fingerprint density at radius 1 is 1.19 bits per heavy atom. The third-order valence-electron chi connectivity index (χ3n) is 4.99. The molecular formula is C21H21ClF3N3O3. The van der Waals surface area contributed by atoms with E-state index in [-0.39, 0.29) is 28.7 Å². The van der Waals surface area contributed by atoms with Gasteiger partial charge in [0.15, 0.2) is 6.23 Å². The summed E-state index contributed by atoms with van der Waals surface area (Å²) >= 11 is 6.17. The fraction of sp³-hybridized carbons (Fsp3) is 0.286. The van der Waals surface area contributed by atoms with Crippen molar-refractivity contribution in [3.05, 3.63) is 70.4 Å². The zero-order valence-corrected chi connectivity index (χ0v) is 17.4. The first-order chi connectivity index (χ1) is 14.5. The van der Waals surface area contributed by atoms with Gasteiger partial charge in [-0.05, 0) is 42.3 Å². The second-order valence-electron chi connectivity index (χ2n) is 7.14. The Hall–Kier alpha value is -2.75. The van der Waals surface area contributed by atoms with Crippen LogP contribution in [0.2, 0.25) is 5.02 Å². The molecule has 0 aromatic heterocycles. The van der Waals surface area contributed by atoms with Crippen LogP contribution in [0.4, 0.5) is 24.5 Å². The van der Waals surface area contributed by atoms with E-state index in [4.69, 9.17) is 11.6 Å². The van der Waals surface area contributed by atoms with Gasteiger partial charge in [0.25, 0.3) is 0 Å². The van der Waals surface area contributed by atoms with Crippen molar-refractivity contribution in [3.8, 4) is 0 Å². The van der Waals surface area contributed by atoms with Gasteiger partial charge in [0.05, 0.1) is 17.1 Å². The number of alkyl halides is 3. The topological polar surface area (TPSA) is 76.0 Å². The summed E-state index contributed by atoms with van der Waals surface area (Å²) in [5.74, 6) is -0.343. The number of aliphatic hydroxyl groups is 2. The minimum atomic E-state index is -4.74. The third-order valence-corrected chi connectivity index (χ3v) is 5.32. The van der Waals surface area contributed by atoms with Crippen LogP contribution in [-0.4, -0.2) is 46.8 Å². The van der Waals surface area contributed by atoms with E-state index in [0.29, 0.717) is 11.0 Å². The minimum Gasteiger partial charge on any atom is -0.370 e. The number of allylic oxidation sites excluding steroid dienone is 1. The summed E-state index contributed by atoms with van der Waals surface area (Å²) in [6.07, 6.45) is -7.59. The highest BCUT2D eigenvalue weighted by Gasteiger charge is 2.44. The monoisotopic (exact) mass is 455 g/mol. The molecule has 2 aromatic carbocycles. The van der Waals surface area contributed by atoms with Crippen molar-refractivity contribution in [1.29, 1.82) is 0 Å². The molecule has 3 rings (SSSR count). The zero-order chi connectivity index (χ0) is 22.9. The highest BCUT2D eigenvalue weighted by molar-refractivity contribution is 6.33. The van der Waals surface area contributed by atoms with Gasteiger partial charge in [-0.2, -0.15) is 13.2 Å². The maximum Gasteiger partial charge on any atom is 0.431 e. The van der Waals surface area contributed by atoms with E-state index in [1.54, 1.807) is 0 Å². The second kappa shape index (κ2) is 8.78. The number of nitrogens with one attached hydrogen (secondary N) is 1. The molecule has 2 aromatic rings. The first-order valence-electron chi connectivity index (χ1n) is 9.29. The van der Waals surface area contributed by atoms with Crippen molar-refractivity contribution in [3.63, 3.8) is 0 Å². The van der Waals surface area contributed by atoms with E-state index in [9.17, 15) is 28.2 Å². The zero-order valence-electron chi connectivity index (χ0n) is 16.7. The Kier molecular flexibility index (Phi) is 6.49. The highest BCUT2D eigenvalue weighted by Crippen LogP contribution is 2.36. The predicted molar refractivity (Wildman–Crippen MR) is 111 cm³/mol. The maximum atomic E-state index is 13.1. The molecule has 2 unspecified atom stereocenters. The number of hydrogen-bond acceptors (Lipinski definition) is 5. The third kappa shape index (κ3) is 4.95. The van der Waals surface area contributed by atoms with E-state index in [0.717, 1.165) is 23.1 Å². The molecule has 2 atom stereocenters. The van der Waals surface area contributed by atoms with Crippen LogP contribution in [0.25, 0.3) is 0 Å². The van der Waals surface area contributed by atoms with E-state index in [1.807, 2.05) is 31.2 Å². The summed E-state index contributed by atoms with van der Waals surface area (Å²) in [4.78, 5) is 14.0. The van der Waals surface area contributed by atoms with Crippen LogP contribution in [0, 0.1) is 6.92 Å². The van der Waals surface area contributed by atoms with Gasteiger partial charge in [-0.15, -0.1) is 0 Å². The standard InChI is InChI=1S/C21H21ClF3N3O3/c1-12-5-3-4-6-13(12)9-18(29)26-16-10-14(7-8-15(16)22)28-19(30)11-17(21(23,24)25)27(2)20(28)31/h3-8,10-11,19-20,30-31H,9H2,1-2H3,(H,26,29). The van der Waals surface area contributed by atoms with Crippen molar-refractivity contribution in [2.24, 2.45) is 0 Å². The average Bonchev–Trinajstić information content (AvgIpc) is 2.68. The number of carbonyl (C=O) groups excluding carboxylic acids is 1. The molecular weight excluding hydrogens is 435 g/mol. The van der Waals surface area contributed by atoms with Crippen LogP contribution in [0.15, 0.2) is 54.2 Å². The van der Waals surface area contributed by atoms with Crippen molar-refractivity contribution in [2.75, 3.05) is 17.3 Å². The first-order valence-corrected chi connectivity index (χ1v) is 9.67. The van der Waals surface area contributed by atoms with Crippen LogP contribution in [0.5, 0.6) is 0 Å². The molecule has 0 aliphatic carbocycles. The highest BCUT2D eigenvalue weighted by atomic mass is 35.5. The SMILES string of the molecule is Cc1ccccc1CC(=O)Nc1cc(N2C(O)C=C(C(F)(F)F)N(C)C2O)ccc1Cl. The van der Waals surface area contributed by atoms with Gasteiger partial charge >= 0.3 is 6.18 Å². The van der Waals surface area contributed by atoms with Crippen molar-refractivity contribution >= 4 is 28.9 Å². The number of carbonyl (C=O) groups is 1. The van der Waals surface area contributed by atoms with Gasteiger partial charge in [0.2, 0.25) is 12.3 Å². The maximum absolute atomic E-state index is 13.1. The fourth-order valence-corrected chi connectivity index (χ4v) is 3.48. The number of aryl methyl sites for hydroxylation is 1. The van der Waals surface area contributed by atoms with Crippen LogP contribution < -0.4 is 10.2 Å². The lowest BCUT2D eigenvalue weighted by Gasteiger charge is -2.43. The normalized spacial score (nSPS) is 19.3. The number of rotatable bonds is 4. The number of amides is 1. The summed E-state index contributed by atoms with van der Waals surface area (Å²) in [7, 11) is 1.06. The molecule has 3 N–H and O–H groups in total. The lowest BCUT2D eigenvalue weighted by atomic mass is 10.1. The molecule has 1 heterocycles. The van der Waals surface area contributed by atoms with Crippen LogP contribution in [0.1, 0.15) is 11.1 Å². The summed E-state index contributed by atoms with van der Waals surface area (Å²) in [6.45, 7) is 1.88. The summed E-state index contributed by atoms with van der Waals surface area (Å²) in [5, 5.41) is 23.5. The molecule has 0 saturated heterocycles. The predicted octanol–water partition coefficient (Wildman–Crippen LogP) is 3.62. The lowest BCUT2D eigenvalue weighted by Crippen LogP contribution is -2.56. The summed E-state index contributed by atoms with van der Waals surface area (Å²) in [6, 6.07) is 11.6. The minimum absolute atomic E-state index is 0.0998. The van der Waals surface area contributed by atoms with Crippen molar-refractivity contribution in [2.45, 2.75) is 32.1 Å². The molecule has 10 heteroatoms. The molecule has 1 amide bonds. The molecule has 166 valence electrons. The van der Waals surface area contributed by atoms with Gasteiger partial charge in [-0.1, -0.05) is 35.9 Å². The van der Waals surface area contributed by atoms with Crippen LogP contribution in [-0.2, 0) is 11.2 Å². The Morgan fingerprint density at radius 2 is 1.87 bits per heavy atom. The van der Waals surface area contributed by atoms with E-state index < -0.39 is 24.5 Å². The number of halogens is 4. The smallest absolute Gasteiger partial charge is 0.370 e. The number of anilines is 2. The number of hydrogen-bond donors (Lipinski definition) is 3. The Morgan fingerprint density at radius 3 is 2.52 bits per heavy atom. The van der Waals surface area contributed by atoms with Gasteiger partial charge in [-0.25, -0.2) is 0 Å². The Balaban J connectivity index is 1.85. The van der Waals surface area contributed by atoms with Gasteiger partial charge in [-0.3, -0.25) is 9.69 Å². The molecule has 0 saturated carbocycles. The van der Waals surface area contributed by atoms with E-state index in [1.165, 1.54) is 18.2 Å². The van der Waals surface area contributed by atoms with Gasteiger partial charge < -0.3 is 20.4 Å². The Bertz CT molecular complexity index is 1010. The summed E-state index contributed by atoms with van der Waals surface area (Å²) in [5.41, 5.74) is 0.989. The Labute approximate surface area is 182 Å². The van der Waals surface area contributed by atoms with Crippen LogP contribution in [0.3, 0.4) is 0 Å². The fourth-order valence-electron chi connectivity index (χ4n) is 3.31. The largest absolute Gasteiger partial charge is 0.431 e. The molecule has 0 radical (unpaired) electrons. The average molecular weight is 456 g/mol. The quantitative estimate of drug-likeness (QED) is 0.656. The molecule has 31 heavy (non-hydrogen) atoms. The summed E-state index contributed by atoms with van der Waals surface area (Å²) < 4.78 is 39.4. The van der Waals surface area contributed by atoms with Crippen molar-refractivity contribution < 1.29 is 28.2 Å². The molecule has 0 spiro atoms. The number of aliphatic hydroxyl groups excluding tert-OH is 2. The van der Waals surface area contributed by atoms with Gasteiger partial charge in [0, 0.05) is 12.7 Å². The second-order valence-corrected chi connectivity index (χ2v) is 7.55. The molecule has 1 aliphatic heterocycles. The van der Waals surface area contributed by atoms with Crippen LogP contribution >= 0.6 is 11.6 Å². The molecule has 6 nitrogen and oxygen atoms in total. The molecule has 0 bridgehead atoms. The van der Waals surface area contributed by atoms with Gasteiger partial charge in [0.1, 0.15) is 5.70 Å². The number of benzene rings is 2. The van der Waals surface area contributed by atoms with E-state index in [2.05, 4.69) is 5.32 Å².